The zero-order valence-electron chi connectivity index (χ0n) is 5.57. The second-order valence-corrected chi connectivity index (χ2v) is 2.65. The monoisotopic (exact) mass is 111 g/mol. The summed E-state index contributed by atoms with van der Waals surface area (Å²) in [6, 6.07) is 0. The van der Waals surface area contributed by atoms with Crippen LogP contribution in [-0.2, 0) is 0 Å². The highest BCUT2D eigenvalue weighted by molar-refractivity contribution is 5.16. The van der Waals surface area contributed by atoms with Gasteiger partial charge < -0.3 is 5.73 Å². The lowest BCUT2D eigenvalue weighted by Crippen LogP contribution is -1.94. The number of allylic oxidation sites excluding steroid dienone is 2. The van der Waals surface area contributed by atoms with Gasteiger partial charge in [-0.05, 0) is 25.7 Å². The van der Waals surface area contributed by atoms with Crippen molar-refractivity contribution in [3.05, 3.63) is 11.3 Å². The van der Waals surface area contributed by atoms with Crippen LogP contribution >= 0.6 is 0 Å². The first-order chi connectivity index (χ1) is 3.72. The minimum absolute atomic E-state index is 0.745. The van der Waals surface area contributed by atoms with Gasteiger partial charge in [0.1, 0.15) is 0 Å². The maximum Gasteiger partial charge on any atom is 0.00725 e. The van der Waals surface area contributed by atoms with Gasteiger partial charge in [0.2, 0.25) is 0 Å². The topological polar surface area (TPSA) is 26.0 Å². The van der Waals surface area contributed by atoms with E-state index in [2.05, 4.69) is 13.8 Å². The summed E-state index contributed by atoms with van der Waals surface area (Å²) in [6.45, 7) is 4.36. The molecule has 0 amide bonds. The third-order valence-electron chi connectivity index (χ3n) is 2.09. The quantitative estimate of drug-likeness (QED) is 0.505. The van der Waals surface area contributed by atoms with Crippen LogP contribution in [0.25, 0.3) is 0 Å². The summed E-state index contributed by atoms with van der Waals surface area (Å²) >= 11 is 0. The van der Waals surface area contributed by atoms with Crippen molar-refractivity contribution >= 4 is 0 Å². The molecule has 1 rings (SSSR count). The summed E-state index contributed by atoms with van der Waals surface area (Å²) in [5, 5.41) is 0. The van der Waals surface area contributed by atoms with Crippen LogP contribution in [0.2, 0.25) is 0 Å². The van der Waals surface area contributed by atoms with E-state index in [-0.39, 0.29) is 0 Å². The van der Waals surface area contributed by atoms with Crippen LogP contribution in [0.4, 0.5) is 0 Å². The zero-order valence-corrected chi connectivity index (χ0v) is 5.57. The lowest BCUT2D eigenvalue weighted by atomic mass is 10.1. The number of hydrogen-bond acceptors (Lipinski definition) is 1. The Morgan fingerprint density at radius 3 is 2.38 bits per heavy atom. The lowest BCUT2D eigenvalue weighted by molar-refractivity contribution is 0.669. The Labute approximate surface area is 50.6 Å². The van der Waals surface area contributed by atoms with E-state index in [1.807, 2.05) is 0 Å². The minimum atomic E-state index is 0.745. The van der Waals surface area contributed by atoms with Gasteiger partial charge in [-0.2, -0.15) is 0 Å². The van der Waals surface area contributed by atoms with Gasteiger partial charge in [-0.15, -0.1) is 0 Å². The number of nitrogens with two attached hydrogens (primary N) is 1. The first kappa shape index (κ1) is 5.67. The Bertz CT molecular complexity index is 124. The van der Waals surface area contributed by atoms with E-state index in [4.69, 9.17) is 5.73 Å². The molecular weight excluding hydrogens is 98.1 g/mol. The van der Waals surface area contributed by atoms with E-state index in [0.29, 0.717) is 0 Å². The molecule has 0 aromatic carbocycles. The van der Waals surface area contributed by atoms with Gasteiger partial charge in [-0.25, -0.2) is 0 Å². The first-order valence-corrected chi connectivity index (χ1v) is 3.17. The molecule has 0 spiro atoms. The predicted octanol–water partition coefficient (Wildman–Crippen LogP) is 1.65. The van der Waals surface area contributed by atoms with Gasteiger partial charge in [-0.3, -0.25) is 0 Å². The fourth-order valence-electron chi connectivity index (χ4n) is 1.10. The predicted molar refractivity (Wildman–Crippen MR) is 35.3 cm³/mol. The van der Waals surface area contributed by atoms with Crippen molar-refractivity contribution in [2.24, 2.45) is 11.7 Å². The fourth-order valence-corrected chi connectivity index (χ4v) is 1.10. The van der Waals surface area contributed by atoms with Crippen LogP contribution in [0, 0.1) is 5.92 Å². The Balaban J connectivity index is 2.71. The molecule has 2 N–H and O–H groups in total. The Hall–Kier alpha value is -0.460. The van der Waals surface area contributed by atoms with Crippen LogP contribution < -0.4 is 5.73 Å². The largest absolute Gasteiger partial charge is 0.402 e. The van der Waals surface area contributed by atoms with E-state index >= 15 is 0 Å². The van der Waals surface area contributed by atoms with Gasteiger partial charge in [-0.1, -0.05) is 12.5 Å². The molecule has 8 heavy (non-hydrogen) atoms. The molecule has 0 heterocycles. The van der Waals surface area contributed by atoms with Crippen molar-refractivity contribution in [2.45, 2.75) is 26.7 Å². The summed E-state index contributed by atoms with van der Waals surface area (Å²) in [5.74, 6) is 0.745. The van der Waals surface area contributed by atoms with E-state index in [1.165, 1.54) is 12.0 Å². The van der Waals surface area contributed by atoms with E-state index in [9.17, 15) is 0 Å². The van der Waals surface area contributed by atoms with E-state index in [0.717, 1.165) is 18.0 Å². The Morgan fingerprint density at radius 1 is 1.62 bits per heavy atom. The highest BCUT2D eigenvalue weighted by atomic mass is 14.6. The molecule has 1 aliphatic rings. The third kappa shape index (κ3) is 0.726. The Kier molecular flexibility index (Phi) is 1.28. The van der Waals surface area contributed by atoms with Crippen molar-refractivity contribution in [2.75, 3.05) is 0 Å². The maximum absolute atomic E-state index is 5.65. The minimum Gasteiger partial charge on any atom is -0.402 e. The van der Waals surface area contributed by atoms with Crippen molar-refractivity contribution in [1.29, 1.82) is 0 Å². The highest BCUT2D eigenvalue weighted by Crippen LogP contribution is 2.27. The number of hydrogen-bond donors (Lipinski definition) is 1. The molecule has 0 bridgehead atoms. The fraction of sp³-hybridized carbons (Fsp3) is 0.714. The van der Waals surface area contributed by atoms with Gasteiger partial charge in [0.05, 0.1) is 0 Å². The highest BCUT2D eigenvalue weighted by Gasteiger charge is 2.14. The van der Waals surface area contributed by atoms with Crippen LogP contribution in [0.5, 0.6) is 0 Å². The van der Waals surface area contributed by atoms with Gasteiger partial charge in [0, 0.05) is 5.70 Å². The van der Waals surface area contributed by atoms with Gasteiger partial charge in [0.15, 0.2) is 0 Å². The summed E-state index contributed by atoms with van der Waals surface area (Å²) < 4.78 is 0. The van der Waals surface area contributed by atoms with Crippen molar-refractivity contribution < 1.29 is 0 Å². The van der Waals surface area contributed by atoms with E-state index < -0.39 is 0 Å². The molecule has 46 valence electrons. The SMILES string of the molecule is CC1=C(N)CCC1C. The second-order valence-electron chi connectivity index (χ2n) is 2.65. The van der Waals surface area contributed by atoms with E-state index in [1.54, 1.807) is 0 Å². The van der Waals surface area contributed by atoms with Gasteiger partial charge in [0.25, 0.3) is 0 Å². The molecule has 0 aliphatic heterocycles. The van der Waals surface area contributed by atoms with Crippen molar-refractivity contribution in [3.8, 4) is 0 Å². The van der Waals surface area contributed by atoms with Crippen LogP contribution in [0.15, 0.2) is 11.3 Å². The summed E-state index contributed by atoms with van der Waals surface area (Å²) in [4.78, 5) is 0. The molecule has 1 nitrogen and oxygen atoms in total. The molecule has 0 saturated heterocycles. The standard InChI is InChI=1S/C7H13N/c1-5-3-4-7(8)6(5)2/h5H,3-4,8H2,1-2H3. The molecule has 1 aliphatic carbocycles. The third-order valence-corrected chi connectivity index (χ3v) is 2.09. The second kappa shape index (κ2) is 1.81. The molecule has 0 radical (unpaired) electrons. The summed E-state index contributed by atoms with van der Waals surface area (Å²) in [6.07, 6.45) is 2.38. The normalized spacial score (nSPS) is 29.5. The molecule has 1 unspecified atom stereocenters. The smallest absolute Gasteiger partial charge is 0.00725 e. The van der Waals surface area contributed by atoms with Crippen LogP contribution in [-0.4, -0.2) is 0 Å². The Morgan fingerprint density at radius 2 is 2.25 bits per heavy atom. The van der Waals surface area contributed by atoms with Gasteiger partial charge >= 0.3 is 0 Å². The maximum atomic E-state index is 5.65. The molecule has 1 atom stereocenters. The molecule has 1 heteroatoms. The number of rotatable bonds is 0. The molecule has 0 aromatic rings. The first-order valence-electron chi connectivity index (χ1n) is 3.17. The zero-order chi connectivity index (χ0) is 6.15. The average molecular weight is 111 g/mol. The summed E-state index contributed by atoms with van der Waals surface area (Å²) in [5.41, 5.74) is 8.18. The van der Waals surface area contributed by atoms with Crippen molar-refractivity contribution in [3.63, 3.8) is 0 Å². The van der Waals surface area contributed by atoms with Crippen LogP contribution in [0.3, 0.4) is 0 Å². The summed E-state index contributed by atoms with van der Waals surface area (Å²) in [7, 11) is 0. The van der Waals surface area contributed by atoms with Crippen molar-refractivity contribution in [1.82, 2.24) is 0 Å². The van der Waals surface area contributed by atoms with Crippen LogP contribution in [0.1, 0.15) is 26.7 Å². The molecule has 0 aromatic heterocycles. The molecular formula is C7H13N. The average Bonchev–Trinajstić information content (AvgIpc) is 1.98. The molecule has 0 fully saturated rings. The molecule has 0 saturated carbocycles. The lowest BCUT2D eigenvalue weighted by Gasteiger charge is -1.99.